The van der Waals surface area contributed by atoms with Crippen LogP contribution in [0, 0.1) is 0 Å². The minimum atomic E-state index is -1.26. The molecule has 100 valence electrons. The summed E-state index contributed by atoms with van der Waals surface area (Å²) in [6.07, 6.45) is 6.39. The van der Waals surface area contributed by atoms with Gasteiger partial charge in [-0.15, -0.1) is 0 Å². The number of allylic oxidation sites excluding steroid dienone is 1. The van der Waals surface area contributed by atoms with Gasteiger partial charge in [0.05, 0.1) is 6.54 Å². The molecule has 2 rings (SSSR count). The van der Waals surface area contributed by atoms with Crippen LogP contribution in [0.3, 0.4) is 0 Å². The maximum absolute atomic E-state index is 10.8. The Morgan fingerprint density at radius 1 is 1.42 bits per heavy atom. The summed E-state index contributed by atoms with van der Waals surface area (Å²) in [5.41, 5.74) is -0.684. The highest BCUT2D eigenvalue weighted by Crippen LogP contribution is 2.32. The van der Waals surface area contributed by atoms with E-state index in [0.29, 0.717) is 15.6 Å². The summed E-state index contributed by atoms with van der Waals surface area (Å²) in [6.45, 7) is 2.05. The van der Waals surface area contributed by atoms with E-state index in [9.17, 15) is 5.11 Å². The zero-order chi connectivity index (χ0) is 13.9. The Kier molecular flexibility index (Phi) is 4.24. The monoisotopic (exact) mass is 297 g/mol. The Bertz CT molecular complexity index is 584. The van der Waals surface area contributed by atoms with E-state index in [1.165, 1.54) is 12.7 Å². The molecule has 19 heavy (non-hydrogen) atoms. The second-order valence-electron chi connectivity index (χ2n) is 4.14. The summed E-state index contributed by atoms with van der Waals surface area (Å²) in [5.74, 6) is 0. The average molecular weight is 298 g/mol. The maximum Gasteiger partial charge on any atom is 0.137 e. The predicted molar refractivity (Wildman–Crippen MR) is 75.2 cm³/mol. The van der Waals surface area contributed by atoms with Crippen molar-refractivity contribution >= 4 is 23.2 Å². The van der Waals surface area contributed by atoms with Crippen LogP contribution in [0.1, 0.15) is 12.5 Å². The standard InChI is InChI=1S/C13H13Cl2N3O/c1-2-5-13(19,7-18-9-16-8-17-18)11-4-3-10(14)6-12(11)15/h2-6,8-9,19H,7H2,1H3/b5-2+. The minimum Gasteiger partial charge on any atom is -0.379 e. The molecule has 0 spiro atoms. The van der Waals surface area contributed by atoms with Crippen molar-refractivity contribution in [3.63, 3.8) is 0 Å². The lowest BCUT2D eigenvalue weighted by Crippen LogP contribution is -2.30. The Balaban J connectivity index is 2.43. The van der Waals surface area contributed by atoms with Gasteiger partial charge in [0.1, 0.15) is 18.3 Å². The number of hydrogen-bond donors (Lipinski definition) is 1. The molecule has 0 saturated carbocycles. The summed E-state index contributed by atoms with van der Waals surface area (Å²) in [7, 11) is 0. The van der Waals surface area contributed by atoms with Crippen LogP contribution in [-0.4, -0.2) is 19.9 Å². The van der Waals surface area contributed by atoms with E-state index in [0.717, 1.165) is 0 Å². The lowest BCUT2D eigenvalue weighted by atomic mass is 9.93. The van der Waals surface area contributed by atoms with Crippen LogP contribution >= 0.6 is 23.2 Å². The van der Waals surface area contributed by atoms with Crippen LogP contribution < -0.4 is 0 Å². The predicted octanol–water partition coefficient (Wildman–Crippen LogP) is 3.05. The third kappa shape index (κ3) is 3.15. The van der Waals surface area contributed by atoms with Crippen LogP contribution in [0.25, 0.3) is 0 Å². The first-order chi connectivity index (χ1) is 9.05. The first kappa shape index (κ1) is 14.1. The lowest BCUT2D eigenvalue weighted by Gasteiger charge is -2.26. The average Bonchev–Trinajstić information content (AvgIpc) is 2.81. The van der Waals surface area contributed by atoms with Crippen molar-refractivity contribution in [3.8, 4) is 0 Å². The highest BCUT2D eigenvalue weighted by Gasteiger charge is 2.29. The topological polar surface area (TPSA) is 50.9 Å². The van der Waals surface area contributed by atoms with Crippen molar-refractivity contribution in [2.75, 3.05) is 0 Å². The van der Waals surface area contributed by atoms with E-state index in [2.05, 4.69) is 10.1 Å². The first-order valence-electron chi connectivity index (χ1n) is 5.69. The molecule has 2 aromatic rings. The molecule has 0 aliphatic rings. The molecule has 0 radical (unpaired) electrons. The fourth-order valence-electron chi connectivity index (χ4n) is 1.91. The highest BCUT2D eigenvalue weighted by molar-refractivity contribution is 6.35. The van der Waals surface area contributed by atoms with E-state index in [4.69, 9.17) is 23.2 Å². The summed E-state index contributed by atoms with van der Waals surface area (Å²) in [6, 6.07) is 5.01. The van der Waals surface area contributed by atoms with E-state index in [1.54, 1.807) is 35.0 Å². The number of rotatable bonds is 4. The van der Waals surface area contributed by atoms with Gasteiger partial charge in [-0.05, 0) is 19.1 Å². The molecule has 1 heterocycles. The van der Waals surface area contributed by atoms with Crippen molar-refractivity contribution in [1.82, 2.24) is 14.8 Å². The van der Waals surface area contributed by atoms with Crippen LogP contribution in [0.5, 0.6) is 0 Å². The minimum absolute atomic E-state index is 0.221. The van der Waals surface area contributed by atoms with Crippen molar-refractivity contribution in [2.24, 2.45) is 0 Å². The van der Waals surface area contributed by atoms with Gasteiger partial charge >= 0.3 is 0 Å². The molecule has 1 aromatic carbocycles. The molecule has 4 nitrogen and oxygen atoms in total. The number of nitrogens with zero attached hydrogens (tertiary/aromatic N) is 3. The zero-order valence-corrected chi connectivity index (χ0v) is 11.8. The zero-order valence-electron chi connectivity index (χ0n) is 10.3. The Labute approximate surface area is 121 Å². The fraction of sp³-hybridized carbons (Fsp3) is 0.231. The SMILES string of the molecule is C/C=C/C(O)(Cn1cncn1)c1ccc(Cl)cc1Cl. The largest absolute Gasteiger partial charge is 0.379 e. The van der Waals surface area contributed by atoms with Gasteiger partial charge in [0.25, 0.3) is 0 Å². The molecule has 6 heteroatoms. The molecule has 1 N–H and O–H groups in total. The number of benzene rings is 1. The highest BCUT2D eigenvalue weighted by atomic mass is 35.5. The second-order valence-corrected chi connectivity index (χ2v) is 4.99. The van der Waals surface area contributed by atoms with E-state index in [-0.39, 0.29) is 6.54 Å². The summed E-state index contributed by atoms with van der Waals surface area (Å²) in [4.78, 5) is 3.86. The Morgan fingerprint density at radius 3 is 2.79 bits per heavy atom. The number of halogens is 2. The van der Waals surface area contributed by atoms with Crippen molar-refractivity contribution in [1.29, 1.82) is 0 Å². The molecule has 1 aromatic heterocycles. The van der Waals surface area contributed by atoms with E-state index in [1.807, 2.05) is 6.92 Å². The van der Waals surface area contributed by atoms with Gasteiger partial charge < -0.3 is 5.11 Å². The molecule has 1 unspecified atom stereocenters. The van der Waals surface area contributed by atoms with Gasteiger partial charge in [-0.25, -0.2) is 9.67 Å². The Hall–Kier alpha value is -1.36. The summed E-state index contributed by atoms with van der Waals surface area (Å²) >= 11 is 12.0. The van der Waals surface area contributed by atoms with Crippen LogP contribution in [0.4, 0.5) is 0 Å². The van der Waals surface area contributed by atoms with Gasteiger partial charge in [-0.3, -0.25) is 0 Å². The lowest BCUT2D eigenvalue weighted by molar-refractivity contribution is 0.0655. The van der Waals surface area contributed by atoms with Gasteiger partial charge in [0.2, 0.25) is 0 Å². The maximum atomic E-state index is 10.8. The molecule has 0 bridgehead atoms. The smallest absolute Gasteiger partial charge is 0.137 e. The normalized spacial score (nSPS) is 14.7. The summed E-state index contributed by atoms with van der Waals surface area (Å²) < 4.78 is 1.55. The second kappa shape index (κ2) is 5.74. The fourth-order valence-corrected chi connectivity index (χ4v) is 2.48. The molecular formula is C13H13Cl2N3O. The third-order valence-electron chi connectivity index (χ3n) is 2.71. The first-order valence-corrected chi connectivity index (χ1v) is 6.45. The number of aromatic nitrogens is 3. The van der Waals surface area contributed by atoms with Crippen molar-refractivity contribution in [2.45, 2.75) is 19.1 Å². The van der Waals surface area contributed by atoms with Gasteiger partial charge in [-0.1, -0.05) is 41.4 Å². The van der Waals surface area contributed by atoms with Crippen LogP contribution in [0.15, 0.2) is 43.0 Å². The molecule has 0 aliphatic carbocycles. The van der Waals surface area contributed by atoms with Crippen molar-refractivity contribution < 1.29 is 5.11 Å². The van der Waals surface area contributed by atoms with E-state index < -0.39 is 5.60 Å². The van der Waals surface area contributed by atoms with Gasteiger partial charge in [0, 0.05) is 15.6 Å². The number of aliphatic hydroxyl groups is 1. The molecule has 0 aliphatic heterocycles. The van der Waals surface area contributed by atoms with Gasteiger partial charge in [-0.2, -0.15) is 5.10 Å². The summed E-state index contributed by atoms with van der Waals surface area (Å²) in [5, 5.41) is 15.8. The molecule has 0 amide bonds. The van der Waals surface area contributed by atoms with Crippen LogP contribution in [0.2, 0.25) is 10.0 Å². The number of hydrogen-bond acceptors (Lipinski definition) is 3. The van der Waals surface area contributed by atoms with E-state index >= 15 is 0 Å². The third-order valence-corrected chi connectivity index (χ3v) is 3.26. The molecule has 1 atom stereocenters. The van der Waals surface area contributed by atoms with Gasteiger partial charge in [0.15, 0.2) is 0 Å². The van der Waals surface area contributed by atoms with Crippen molar-refractivity contribution in [3.05, 3.63) is 58.6 Å². The Morgan fingerprint density at radius 2 is 2.21 bits per heavy atom. The molecular weight excluding hydrogens is 285 g/mol. The molecule has 0 saturated heterocycles. The molecule has 0 fully saturated rings. The quantitative estimate of drug-likeness (QED) is 0.883. The van der Waals surface area contributed by atoms with Crippen LogP contribution in [-0.2, 0) is 12.1 Å².